The van der Waals surface area contributed by atoms with Crippen LogP contribution < -0.4 is 5.56 Å². The summed E-state index contributed by atoms with van der Waals surface area (Å²) in [6.45, 7) is 4.02. The second kappa shape index (κ2) is 9.09. The molecule has 0 saturated carbocycles. The number of nitrogens with zero attached hydrogens (tertiary/aromatic N) is 3. The molecule has 0 aliphatic carbocycles. The van der Waals surface area contributed by atoms with E-state index in [4.69, 9.17) is 4.52 Å². The Labute approximate surface area is 178 Å². The van der Waals surface area contributed by atoms with Crippen molar-refractivity contribution in [3.8, 4) is 0 Å². The predicted molar refractivity (Wildman–Crippen MR) is 117 cm³/mol. The van der Waals surface area contributed by atoms with Crippen LogP contribution in [0.1, 0.15) is 54.2 Å². The fourth-order valence-corrected chi connectivity index (χ4v) is 3.89. The third kappa shape index (κ3) is 4.68. The molecular weight excluding hydrogens is 396 g/mol. The predicted octanol–water partition coefficient (Wildman–Crippen LogP) is 4.75. The molecule has 0 unspecified atom stereocenters. The third-order valence-corrected chi connectivity index (χ3v) is 5.53. The molecule has 0 radical (unpaired) electrons. The fraction of sp³-hybridized carbons (Fsp3) is 0.217. The molecule has 30 heavy (non-hydrogen) atoms. The lowest BCUT2D eigenvalue weighted by Crippen LogP contribution is -2.10. The summed E-state index contributed by atoms with van der Waals surface area (Å²) in [5.41, 5.74) is 2.80. The van der Waals surface area contributed by atoms with Gasteiger partial charge in [0.25, 0.3) is 5.56 Å². The summed E-state index contributed by atoms with van der Waals surface area (Å²) >= 11 is 1.37. The van der Waals surface area contributed by atoms with Gasteiger partial charge in [-0.05, 0) is 17.0 Å². The Morgan fingerprint density at radius 2 is 1.60 bits per heavy atom. The zero-order valence-corrected chi connectivity index (χ0v) is 17.6. The Morgan fingerprint density at radius 3 is 2.20 bits per heavy atom. The number of aromatic amines is 1. The van der Waals surface area contributed by atoms with Gasteiger partial charge in [0.1, 0.15) is 0 Å². The second-order valence-electron chi connectivity index (χ2n) is 7.22. The van der Waals surface area contributed by atoms with Crippen molar-refractivity contribution in [1.82, 2.24) is 20.1 Å². The van der Waals surface area contributed by atoms with E-state index in [2.05, 4.69) is 44.4 Å². The summed E-state index contributed by atoms with van der Waals surface area (Å²) in [6, 6.07) is 21.8. The quantitative estimate of drug-likeness (QED) is 0.344. The van der Waals surface area contributed by atoms with Crippen molar-refractivity contribution in [2.24, 2.45) is 0 Å². The van der Waals surface area contributed by atoms with Crippen LogP contribution >= 0.6 is 11.8 Å². The van der Waals surface area contributed by atoms with Gasteiger partial charge in [0.15, 0.2) is 11.0 Å². The first kappa shape index (κ1) is 20.1. The lowest BCUT2D eigenvalue weighted by molar-refractivity contribution is 0.384. The van der Waals surface area contributed by atoms with Crippen molar-refractivity contribution in [2.75, 3.05) is 0 Å². The molecule has 0 aliphatic heterocycles. The smallest absolute Gasteiger partial charge is 0.251 e. The molecule has 4 rings (SSSR count). The highest BCUT2D eigenvalue weighted by Crippen LogP contribution is 2.30. The second-order valence-corrected chi connectivity index (χ2v) is 8.18. The van der Waals surface area contributed by atoms with E-state index in [1.807, 2.05) is 50.2 Å². The van der Waals surface area contributed by atoms with Crippen LogP contribution in [-0.4, -0.2) is 20.1 Å². The van der Waals surface area contributed by atoms with E-state index in [1.165, 1.54) is 17.8 Å². The van der Waals surface area contributed by atoms with Gasteiger partial charge in [0.2, 0.25) is 5.89 Å². The van der Waals surface area contributed by atoms with Crippen LogP contribution in [0.4, 0.5) is 0 Å². The van der Waals surface area contributed by atoms with E-state index < -0.39 is 0 Å². The van der Waals surface area contributed by atoms with E-state index in [9.17, 15) is 4.79 Å². The van der Waals surface area contributed by atoms with Crippen LogP contribution in [0.5, 0.6) is 0 Å². The van der Waals surface area contributed by atoms with Crippen LogP contribution in [0.2, 0.25) is 0 Å². The van der Waals surface area contributed by atoms with Gasteiger partial charge < -0.3 is 9.51 Å². The molecule has 0 fully saturated rings. The zero-order valence-electron chi connectivity index (χ0n) is 16.8. The highest BCUT2D eigenvalue weighted by molar-refractivity contribution is 7.98. The Bertz CT molecular complexity index is 1120. The molecule has 7 heteroatoms. The number of aromatic nitrogens is 4. The summed E-state index contributed by atoms with van der Waals surface area (Å²) in [7, 11) is 0. The number of hydrogen-bond donors (Lipinski definition) is 1. The zero-order chi connectivity index (χ0) is 20.9. The van der Waals surface area contributed by atoms with E-state index >= 15 is 0 Å². The molecule has 0 atom stereocenters. The first-order chi connectivity index (χ1) is 14.6. The Hall–Kier alpha value is -3.19. The van der Waals surface area contributed by atoms with Crippen molar-refractivity contribution >= 4 is 11.8 Å². The molecule has 0 spiro atoms. The third-order valence-electron chi connectivity index (χ3n) is 4.67. The normalized spacial score (nSPS) is 11.3. The van der Waals surface area contributed by atoms with Crippen molar-refractivity contribution in [2.45, 2.75) is 36.6 Å². The maximum absolute atomic E-state index is 11.9. The minimum Gasteiger partial charge on any atom is -0.338 e. The average Bonchev–Trinajstić information content (AvgIpc) is 3.22. The number of rotatable bonds is 7. The Morgan fingerprint density at radius 1 is 0.967 bits per heavy atom. The van der Waals surface area contributed by atoms with Gasteiger partial charge >= 0.3 is 0 Å². The molecule has 4 aromatic rings. The molecule has 0 aliphatic rings. The van der Waals surface area contributed by atoms with Crippen LogP contribution in [0.25, 0.3) is 0 Å². The van der Waals surface area contributed by atoms with Crippen molar-refractivity contribution < 1.29 is 4.52 Å². The van der Waals surface area contributed by atoms with Gasteiger partial charge in [-0.2, -0.15) is 4.98 Å². The largest absolute Gasteiger partial charge is 0.338 e. The van der Waals surface area contributed by atoms with Gasteiger partial charge in [-0.3, -0.25) is 4.79 Å². The molecule has 0 bridgehead atoms. The van der Waals surface area contributed by atoms with E-state index in [-0.39, 0.29) is 17.4 Å². The summed E-state index contributed by atoms with van der Waals surface area (Å²) in [6.07, 6.45) is 0. The number of H-pyrrole nitrogens is 1. The summed E-state index contributed by atoms with van der Waals surface area (Å²) < 4.78 is 5.52. The molecule has 2 aromatic carbocycles. The van der Waals surface area contributed by atoms with Gasteiger partial charge in [0, 0.05) is 6.07 Å². The van der Waals surface area contributed by atoms with Crippen molar-refractivity contribution in [3.05, 3.63) is 106 Å². The molecular formula is C23H22N4O2S. The summed E-state index contributed by atoms with van der Waals surface area (Å²) in [4.78, 5) is 23.8. The molecule has 0 saturated heterocycles. The Balaban J connectivity index is 1.57. The Kier molecular flexibility index (Phi) is 6.09. The van der Waals surface area contributed by atoms with E-state index in [0.717, 1.165) is 16.8 Å². The minimum absolute atomic E-state index is 0.114. The van der Waals surface area contributed by atoms with Gasteiger partial charge in [0.05, 0.1) is 17.4 Å². The maximum Gasteiger partial charge on any atom is 0.251 e. The first-order valence-corrected chi connectivity index (χ1v) is 10.7. The number of benzene rings is 2. The molecule has 152 valence electrons. The summed E-state index contributed by atoms with van der Waals surface area (Å²) in [5.74, 6) is 1.59. The lowest BCUT2D eigenvalue weighted by atomic mass is 9.91. The first-order valence-electron chi connectivity index (χ1n) is 9.76. The topological polar surface area (TPSA) is 84.7 Å². The van der Waals surface area contributed by atoms with Crippen LogP contribution in [-0.2, 0) is 5.75 Å². The minimum atomic E-state index is -0.157. The van der Waals surface area contributed by atoms with Gasteiger partial charge in [-0.25, -0.2) is 4.98 Å². The van der Waals surface area contributed by atoms with Crippen molar-refractivity contribution in [3.63, 3.8) is 0 Å². The number of thioether (sulfide) groups is 1. The van der Waals surface area contributed by atoms with Gasteiger partial charge in [-0.1, -0.05) is 91.4 Å². The fourth-order valence-electron chi connectivity index (χ4n) is 3.17. The van der Waals surface area contributed by atoms with Crippen LogP contribution in [0.3, 0.4) is 0 Å². The van der Waals surface area contributed by atoms with Crippen LogP contribution in [0, 0.1) is 0 Å². The molecule has 0 amide bonds. The van der Waals surface area contributed by atoms with E-state index in [0.29, 0.717) is 22.6 Å². The standard InChI is InChI=1S/C23H22N4O2S/c1-15(2)18-13-19(28)25-23(24-18)30-14-20-26-22(27-29-20)21(16-9-5-3-6-10-16)17-11-7-4-8-12-17/h3-13,15,21H,14H2,1-2H3,(H,24,25,28). The monoisotopic (exact) mass is 418 g/mol. The van der Waals surface area contributed by atoms with Gasteiger partial charge in [-0.15, -0.1) is 0 Å². The van der Waals surface area contributed by atoms with E-state index in [1.54, 1.807) is 0 Å². The summed E-state index contributed by atoms with van der Waals surface area (Å²) in [5, 5.41) is 4.80. The highest BCUT2D eigenvalue weighted by atomic mass is 32.2. The maximum atomic E-state index is 11.9. The molecule has 1 N–H and O–H groups in total. The molecule has 6 nitrogen and oxygen atoms in total. The highest BCUT2D eigenvalue weighted by Gasteiger charge is 2.22. The average molecular weight is 419 g/mol. The molecule has 2 aromatic heterocycles. The lowest BCUT2D eigenvalue weighted by Gasteiger charge is -2.14. The molecule has 2 heterocycles. The SMILES string of the molecule is CC(C)c1cc(=O)[nH]c(SCc2nc(C(c3ccccc3)c3ccccc3)no2)n1. The number of hydrogen-bond acceptors (Lipinski definition) is 6. The van der Waals surface area contributed by atoms with Crippen molar-refractivity contribution in [1.29, 1.82) is 0 Å². The van der Waals surface area contributed by atoms with Crippen LogP contribution in [0.15, 0.2) is 81.2 Å². The number of nitrogens with one attached hydrogen (secondary N) is 1.